The van der Waals surface area contributed by atoms with E-state index in [2.05, 4.69) is 0 Å². The Morgan fingerprint density at radius 3 is 2.40 bits per heavy atom. The van der Waals surface area contributed by atoms with Crippen LogP contribution in [0.5, 0.6) is 0 Å². The highest BCUT2D eigenvalue weighted by molar-refractivity contribution is 6.05. The lowest BCUT2D eigenvalue weighted by Gasteiger charge is -2.26. The first kappa shape index (κ1) is 20.3. The van der Waals surface area contributed by atoms with Gasteiger partial charge in [-0.25, -0.2) is 0 Å². The van der Waals surface area contributed by atoms with E-state index in [1.165, 1.54) is 4.90 Å². The van der Waals surface area contributed by atoms with E-state index in [4.69, 9.17) is 4.74 Å². The molecule has 1 aliphatic carbocycles. The number of likely N-dealkylation sites (tertiary alicyclic amines) is 1. The van der Waals surface area contributed by atoms with Gasteiger partial charge in [0.05, 0.1) is 18.3 Å². The third kappa shape index (κ3) is 3.53. The van der Waals surface area contributed by atoms with E-state index in [-0.39, 0.29) is 48.6 Å². The first-order valence-electron chi connectivity index (χ1n) is 10.5. The van der Waals surface area contributed by atoms with E-state index in [9.17, 15) is 19.2 Å². The molecule has 30 heavy (non-hydrogen) atoms. The lowest BCUT2D eigenvalue weighted by molar-refractivity contribution is -0.154. The number of hydrogen-bond acceptors (Lipinski definition) is 5. The van der Waals surface area contributed by atoms with Crippen LogP contribution in [0.15, 0.2) is 36.4 Å². The summed E-state index contributed by atoms with van der Waals surface area (Å²) in [6, 6.07) is 7.70. The number of nitrogens with zero attached hydrogens (tertiary/aromatic N) is 2. The number of imide groups is 1. The third-order valence-electron chi connectivity index (χ3n) is 6.24. The number of carbonyl (C=O) groups excluding carboxylic acids is 4. The maximum atomic E-state index is 12.9. The molecule has 0 N–H and O–H groups in total. The summed E-state index contributed by atoms with van der Waals surface area (Å²) < 4.78 is 5.35. The van der Waals surface area contributed by atoms with E-state index in [1.807, 2.05) is 43.3 Å². The normalized spacial score (nSPS) is 25.9. The van der Waals surface area contributed by atoms with Crippen molar-refractivity contribution in [1.82, 2.24) is 4.90 Å². The van der Waals surface area contributed by atoms with Crippen LogP contribution >= 0.6 is 0 Å². The Morgan fingerprint density at radius 1 is 1.10 bits per heavy atom. The third-order valence-corrected chi connectivity index (χ3v) is 6.24. The van der Waals surface area contributed by atoms with Crippen LogP contribution in [-0.4, -0.2) is 47.3 Å². The molecule has 3 amide bonds. The van der Waals surface area contributed by atoms with Crippen LogP contribution < -0.4 is 4.90 Å². The van der Waals surface area contributed by atoms with Gasteiger partial charge in [0.15, 0.2) is 6.10 Å². The molecule has 4 atom stereocenters. The Labute approximate surface area is 175 Å². The molecule has 7 nitrogen and oxygen atoms in total. The van der Waals surface area contributed by atoms with E-state index in [0.29, 0.717) is 12.8 Å². The molecule has 4 rings (SSSR count). The second-order valence-electron chi connectivity index (χ2n) is 8.26. The van der Waals surface area contributed by atoms with Crippen LogP contribution in [0.25, 0.3) is 0 Å². The van der Waals surface area contributed by atoms with Crippen LogP contribution in [0.3, 0.4) is 0 Å². The molecule has 2 aliphatic heterocycles. The fourth-order valence-electron chi connectivity index (χ4n) is 4.70. The summed E-state index contributed by atoms with van der Waals surface area (Å²) in [5, 5.41) is 0. The monoisotopic (exact) mass is 410 g/mol. The van der Waals surface area contributed by atoms with Gasteiger partial charge < -0.3 is 9.64 Å². The summed E-state index contributed by atoms with van der Waals surface area (Å²) in [5.74, 6) is -1.91. The average molecular weight is 410 g/mol. The second-order valence-corrected chi connectivity index (χ2v) is 8.26. The van der Waals surface area contributed by atoms with E-state index in [1.54, 1.807) is 11.8 Å². The van der Waals surface area contributed by atoms with Gasteiger partial charge in [0.2, 0.25) is 11.8 Å². The minimum atomic E-state index is -0.942. The molecule has 1 aromatic carbocycles. The summed E-state index contributed by atoms with van der Waals surface area (Å²) in [4.78, 5) is 53.1. The number of allylic oxidation sites excluding steroid dienone is 2. The molecular weight excluding hydrogens is 384 g/mol. The number of anilines is 1. The summed E-state index contributed by atoms with van der Waals surface area (Å²) in [7, 11) is 0. The minimum Gasteiger partial charge on any atom is -0.452 e. The molecule has 7 heteroatoms. The van der Waals surface area contributed by atoms with Crippen LogP contribution in [0, 0.1) is 11.8 Å². The Hall–Kier alpha value is -2.96. The van der Waals surface area contributed by atoms with Crippen LogP contribution in [0.4, 0.5) is 5.69 Å². The molecule has 0 bridgehead atoms. The highest BCUT2D eigenvalue weighted by atomic mass is 16.5. The zero-order valence-electron chi connectivity index (χ0n) is 17.2. The highest BCUT2D eigenvalue weighted by Crippen LogP contribution is 2.35. The molecule has 0 spiro atoms. The van der Waals surface area contributed by atoms with Crippen molar-refractivity contribution >= 4 is 29.4 Å². The molecule has 3 aliphatic rings. The molecule has 1 fully saturated rings. The van der Waals surface area contributed by atoms with Gasteiger partial charge in [-0.15, -0.1) is 0 Å². The number of esters is 1. The van der Waals surface area contributed by atoms with Gasteiger partial charge >= 0.3 is 5.97 Å². The van der Waals surface area contributed by atoms with Gasteiger partial charge in [0.25, 0.3) is 5.91 Å². The fraction of sp³-hybridized carbons (Fsp3) is 0.478. The van der Waals surface area contributed by atoms with E-state index < -0.39 is 12.1 Å². The molecular formula is C23H26N2O5. The lowest BCUT2D eigenvalue weighted by Crippen LogP contribution is -2.43. The number of fused-ring (bicyclic) bond motifs is 2. The second kappa shape index (κ2) is 8.05. The predicted molar refractivity (Wildman–Crippen MR) is 109 cm³/mol. The van der Waals surface area contributed by atoms with Crippen molar-refractivity contribution in [1.29, 1.82) is 0 Å². The van der Waals surface area contributed by atoms with Crippen molar-refractivity contribution in [3.8, 4) is 0 Å². The fourth-order valence-corrected chi connectivity index (χ4v) is 4.70. The highest BCUT2D eigenvalue weighted by Gasteiger charge is 2.47. The predicted octanol–water partition coefficient (Wildman–Crippen LogP) is 2.24. The molecule has 2 heterocycles. The maximum Gasteiger partial charge on any atom is 0.308 e. The van der Waals surface area contributed by atoms with Crippen molar-refractivity contribution in [3.63, 3.8) is 0 Å². The Morgan fingerprint density at radius 2 is 1.73 bits per heavy atom. The number of benzene rings is 1. The van der Waals surface area contributed by atoms with Gasteiger partial charge in [-0.05, 0) is 44.7 Å². The molecule has 0 unspecified atom stereocenters. The number of ether oxygens (including phenoxy) is 1. The number of para-hydroxylation sites is 1. The zero-order chi connectivity index (χ0) is 21.4. The average Bonchev–Trinajstić information content (AvgIpc) is 3.19. The van der Waals surface area contributed by atoms with Crippen molar-refractivity contribution < 1.29 is 23.9 Å². The molecule has 0 saturated carbocycles. The summed E-state index contributed by atoms with van der Waals surface area (Å²) >= 11 is 0. The summed E-state index contributed by atoms with van der Waals surface area (Å²) in [5.41, 5.74) is 1.95. The smallest absolute Gasteiger partial charge is 0.308 e. The largest absolute Gasteiger partial charge is 0.452 e. The van der Waals surface area contributed by atoms with Gasteiger partial charge in [-0.1, -0.05) is 30.4 Å². The quantitative estimate of drug-likeness (QED) is 0.422. The maximum absolute atomic E-state index is 12.9. The topological polar surface area (TPSA) is 84.0 Å². The van der Waals surface area contributed by atoms with Crippen molar-refractivity contribution in [2.24, 2.45) is 11.8 Å². The molecule has 0 aromatic heterocycles. The molecule has 1 saturated heterocycles. The van der Waals surface area contributed by atoms with Gasteiger partial charge in [-0.3, -0.25) is 24.1 Å². The van der Waals surface area contributed by atoms with Gasteiger partial charge in [-0.2, -0.15) is 0 Å². The summed E-state index contributed by atoms with van der Waals surface area (Å²) in [6.07, 6.45) is 4.69. The van der Waals surface area contributed by atoms with Crippen molar-refractivity contribution in [2.45, 2.75) is 51.7 Å². The van der Waals surface area contributed by atoms with Crippen LogP contribution in [0.1, 0.15) is 38.7 Å². The van der Waals surface area contributed by atoms with Crippen molar-refractivity contribution in [3.05, 3.63) is 42.0 Å². The van der Waals surface area contributed by atoms with Gasteiger partial charge in [0, 0.05) is 18.3 Å². The molecule has 0 radical (unpaired) electrons. The Kier molecular flexibility index (Phi) is 5.45. The number of amides is 3. The first-order valence-corrected chi connectivity index (χ1v) is 10.5. The number of hydrogen-bond donors (Lipinski definition) is 0. The SMILES string of the molecule is C[C@H](OC(=O)CCN1C(=O)[C@@H]2CC=CC[C@H]2C1=O)C(=O)N1c2ccccc2C[C@@H]1C. The Bertz CT molecular complexity index is 898. The first-order chi connectivity index (χ1) is 14.4. The zero-order valence-corrected chi connectivity index (χ0v) is 17.2. The van der Waals surface area contributed by atoms with Crippen LogP contribution in [0.2, 0.25) is 0 Å². The van der Waals surface area contributed by atoms with Gasteiger partial charge in [0.1, 0.15) is 0 Å². The number of rotatable bonds is 5. The summed E-state index contributed by atoms with van der Waals surface area (Å²) in [6.45, 7) is 3.51. The van der Waals surface area contributed by atoms with E-state index in [0.717, 1.165) is 17.7 Å². The lowest BCUT2D eigenvalue weighted by atomic mass is 9.85. The van der Waals surface area contributed by atoms with E-state index >= 15 is 0 Å². The number of carbonyl (C=O) groups is 4. The molecule has 158 valence electrons. The minimum absolute atomic E-state index is 0.00659. The Balaban J connectivity index is 1.33. The molecule has 1 aromatic rings. The standard InChI is InChI=1S/C23H26N2O5/c1-14-13-16-7-3-6-10-19(16)25(14)21(27)15(2)30-20(26)11-12-24-22(28)17-8-4-5-9-18(17)23(24)29/h3-7,10,14-15,17-18H,8-9,11-13H2,1-2H3/t14-,15-,17+,18+/m0/s1. The van der Waals surface area contributed by atoms with Crippen LogP contribution in [-0.2, 0) is 30.3 Å². The van der Waals surface area contributed by atoms with Crippen molar-refractivity contribution in [2.75, 3.05) is 11.4 Å².